The standard InChI is InChI=1S/C22H32ClNO2/c1-14(2)16-6-8-17(9-7-16)20-12-22(4,24-21(25)13-23)18-10-5-15(3)11-19(18)26-20/h6-9,14-15,18-20H,5,10-13H2,1-4H3,(H,24,25)/t15-,18-,19-,20-,22-/m1/s1. The van der Waals surface area contributed by atoms with Crippen LogP contribution in [-0.4, -0.2) is 23.4 Å². The maximum atomic E-state index is 12.1. The van der Waals surface area contributed by atoms with Gasteiger partial charge in [0.2, 0.25) is 5.91 Å². The van der Waals surface area contributed by atoms with Gasteiger partial charge in [0.15, 0.2) is 0 Å². The molecule has 0 radical (unpaired) electrons. The minimum atomic E-state index is -0.267. The lowest BCUT2D eigenvalue weighted by Crippen LogP contribution is -2.60. The molecule has 1 aromatic carbocycles. The van der Waals surface area contributed by atoms with Crippen molar-refractivity contribution in [3.8, 4) is 0 Å². The lowest BCUT2D eigenvalue weighted by molar-refractivity contribution is -0.152. The Morgan fingerprint density at radius 2 is 2.00 bits per heavy atom. The lowest BCUT2D eigenvalue weighted by Gasteiger charge is -2.52. The summed E-state index contributed by atoms with van der Waals surface area (Å²) in [6.07, 6.45) is 4.38. The van der Waals surface area contributed by atoms with Crippen LogP contribution < -0.4 is 5.32 Å². The number of benzene rings is 1. The number of ether oxygens (including phenoxy) is 1. The largest absolute Gasteiger partial charge is 0.370 e. The zero-order chi connectivity index (χ0) is 18.9. The maximum absolute atomic E-state index is 12.1. The first kappa shape index (κ1) is 19.7. The Labute approximate surface area is 162 Å². The van der Waals surface area contributed by atoms with Crippen LogP contribution in [0.1, 0.15) is 76.5 Å². The SMILES string of the molecule is CC(C)c1ccc([C@H]2C[C@@](C)(NC(=O)CCl)[C@@H]3CC[C@@H](C)C[C@H]3O2)cc1. The van der Waals surface area contributed by atoms with Crippen molar-refractivity contribution in [2.75, 3.05) is 5.88 Å². The van der Waals surface area contributed by atoms with E-state index in [4.69, 9.17) is 16.3 Å². The Morgan fingerprint density at radius 3 is 2.62 bits per heavy atom. The summed E-state index contributed by atoms with van der Waals surface area (Å²) in [7, 11) is 0. The predicted molar refractivity (Wildman–Crippen MR) is 107 cm³/mol. The highest BCUT2D eigenvalue weighted by Gasteiger charge is 2.49. The van der Waals surface area contributed by atoms with Crippen molar-refractivity contribution in [3.05, 3.63) is 35.4 Å². The van der Waals surface area contributed by atoms with Gasteiger partial charge in [-0.1, -0.05) is 51.5 Å². The number of hydrogen-bond donors (Lipinski definition) is 1. The van der Waals surface area contributed by atoms with Crippen LogP contribution in [0, 0.1) is 11.8 Å². The van der Waals surface area contributed by atoms with Gasteiger partial charge in [-0.05, 0) is 42.7 Å². The maximum Gasteiger partial charge on any atom is 0.235 e. The summed E-state index contributed by atoms with van der Waals surface area (Å²) in [6, 6.07) is 8.79. The monoisotopic (exact) mass is 377 g/mol. The highest BCUT2D eigenvalue weighted by atomic mass is 35.5. The quantitative estimate of drug-likeness (QED) is 0.733. The third-order valence-electron chi connectivity index (χ3n) is 6.34. The summed E-state index contributed by atoms with van der Waals surface area (Å²) in [5, 5.41) is 3.24. The molecule has 1 saturated carbocycles. The van der Waals surface area contributed by atoms with Crippen molar-refractivity contribution in [3.63, 3.8) is 0 Å². The molecule has 1 N–H and O–H groups in total. The van der Waals surface area contributed by atoms with Gasteiger partial charge in [0.1, 0.15) is 5.88 Å². The van der Waals surface area contributed by atoms with E-state index in [1.807, 2.05) is 0 Å². The highest BCUT2D eigenvalue weighted by Crippen LogP contribution is 2.47. The molecule has 1 heterocycles. The smallest absolute Gasteiger partial charge is 0.235 e. The second kappa shape index (κ2) is 7.90. The fraction of sp³-hybridized carbons (Fsp3) is 0.682. The number of halogens is 1. The van der Waals surface area contributed by atoms with E-state index in [-0.39, 0.29) is 29.5 Å². The van der Waals surface area contributed by atoms with E-state index < -0.39 is 0 Å². The molecule has 1 aromatic rings. The average Bonchev–Trinajstić information content (AvgIpc) is 2.61. The predicted octanol–water partition coefficient (Wildman–Crippen LogP) is 5.19. The molecule has 1 aliphatic carbocycles. The molecule has 0 unspecified atom stereocenters. The Bertz CT molecular complexity index is 630. The number of hydrogen-bond acceptors (Lipinski definition) is 2. The fourth-order valence-corrected chi connectivity index (χ4v) is 4.86. The van der Waals surface area contributed by atoms with E-state index in [0.717, 1.165) is 19.3 Å². The minimum Gasteiger partial charge on any atom is -0.370 e. The third kappa shape index (κ3) is 4.09. The summed E-state index contributed by atoms with van der Waals surface area (Å²) in [4.78, 5) is 12.1. The number of nitrogens with one attached hydrogen (secondary N) is 1. The third-order valence-corrected chi connectivity index (χ3v) is 6.58. The molecular formula is C22H32ClNO2. The summed E-state index contributed by atoms with van der Waals surface area (Å²) < 4.78 is 6.57. The topological polar surface area (TPSA) is 38.3 Å². The van der Waals surface area contributed by atoms with E-state index in [2.05, 4.69) is 57.3 Å². The summed E-state index contributed by atoms with van der Waals surface area (Å²) in [6.45, 7) is 8.90. The highest BCUT2D eigenvalue weighted by molar-refractivity contribution is 6.27. The summed E-state index contributed by atoms with van der Waals surface area (Å²) >= 11 is 5.79. The molecule has 26 heavy (non-hydrogen) atoms. The first-order valence-electron chi connectivity index (χ1n) is 9.94. The molecule has 1 aliphatic heterocycles. The van der Waals surface area contributed by atoms with Gasteiger partial charge >= 0.3 is 0 Å². The van der Waals surface area contributed by atoms with Crippen molar-refractivity contribution in [1.82, 2.24) is 5.32 Å². The van der Waals surface area contributed by atoms with E-state index in [0.29, 0.717) is 17.8 Å². The van der Waals surface area contributed by atoms with Gasteiger partial charge in [-0.25, -0.2) is 0 Å². The number of fused-ring (bicyclic) bond motifs is 1. The van der Waals surface area contributed by atoms with E-state index in [1.165, 1.54) is 17.5 Å². The molecule has 144 valence electrons. The molecular weight excluding hydrogens is 346 g/mol. The first-order chi connectivity index (χ1) is 12.3. The van der Waals surface area contributed by atoms with Gasteiger partial charge in [0.25, 0.3) is 0 Å². The van der Waals surface area contributed by atoms with Crippen LogP contribution in [-0.2, 0) is 9.53 Å². The van der Waals surface area contributed by atoms with E-state index >= 15 is 0 Å². The molecule has 5 atom stereocenters. The van der Waals surface area contributed by atoms with Crippen LogP contribution >= 0.6 is 11.6 Å². The van der Waals surface area contributed by atoms with Gasteiger partial charge in [-0.3, -0.25) is 4.79 Å². The van der Waals surface area contributed by atoms with Crippen molar-refractivity contribution >= 4 is 17.5 Å². The van der Waals surface area contributed by atoms with Gasteiger partial charge in [0, 0.05) is 17.9 Å². The second-order valence-electron chi connectivity index (χ2n) is 8.81. The first-order valence-corrected chi connectivity index (χ1v) is 10.5. The Kier molecular flexibility index (Phi) is 5.98. The van der Waals surface area contributed by atoms with Gasteiger partial charge in [-0.2, -0.15) is 0 Å². The van der Waals surface area contributed by atoms with E-state index in [9.17, 15) is 4.79 Å². The molecule has 3 nitrogen and oxygen atoms in total. The van der Waals surface area contributed by atoms with Gasteiger partial charge in [0.05, 0.1) is 12.2 Å². The second-order valence-corrected chi connectivity index (χ2v) is 9.08. The molecule has 4 heteroatoms. The molecule has 2 fully saturated rings. The van der Waals surface area contributed by atoms with Crippen LogP contribution in [0.3, 0.4) is 0 Å². The normalized spacial score (nSPS) is 34.4. The van der Waals surface area contributed by atoms with Gasteiger partial charge in [-0.15, -0.1) is 11.6 Å². The molecule has 3 rings (SSSR count). The van der Waals surface area contributed by atoms with Crippen LogP contribution in [0.2, 0.25) is 0 Å². The van der Waals surface area contributed by atoms with Crippen LogP contribution in [0.15, 0.2) is 24.3 Å². The zero-order valence-corrected chi connectivity index (χ0v) is 17.2. The molecule has 0 spiro atoms. The average molecular weight is 378 g/mol. The molecule has 2 aliphatic rings. The van der Waals surface area contributed by atoms with Crippen molar-refractivity contribution < 1.29 is 9.53 Å². The minimum absolute atomic E-state index is 0.0119. The van der Waals surface area contributed by atoms with Crippen LogP contribution in [0.5, 0.6) is 0 Å². The molecule has 1 saturated heterocycles. The fourth-order valence-electron chi connectivity index (χ4n) is 4.79. The molecule has 1 amide bonds. The van der Waals surface area contributed by atoms with Crippen molar-refractivity contribution in [1.29, 1.82) is 0 Å². The molecule has 0 bridgehead atoms. The number of carbonyl (C=O) groups is 1. The van der Waals surface area contributed by atoms with Crippen molar-refractivity contribution in [2.24, 2.45) is 11.8 Å². The van der Waals surface area contributed by atoms with Crippen molar-refractivity contribution in [2.45, 2.75) is 77.0 Å². The lowest BCUT2D eigenvalue weighted by atomic mass is 9.66. The van der Waals surface area contributed by atoms with Crippen LogP contribution in [0.4, 0.5) is 0 Å². The number of rotatable bonds is 4. The summed E-state index contributed by atoms with van der Waals surface area (Å²) in [5.41, 5.74) is 2.28. The number of amides is 1. The Hall–Kier alpha value is -1.06. The Morgan fingerprint density at radius 1 is 1.31 bits per heavy atom. The van der Waals surface area contributed by atoms with E-state index in [1.54, 1.807) is 0 Å². The Balaban J connectivity index is 1.86. The summed E-state index contributed by atoms with van der Waals surface area (Å²) in [5.74, 6) is 1.48. The number of alkyl halides is 1. The van der Waals surface area contributed by atoms with Gasteiger partial charge < -0.3 is 10.1 Å². The number of carbonyl (C=O) groups excluding carboxylic acids is 1. The van der Waals surface area contributed by atoms with Crippen LogP contribution in [0.25, 0.3) is 0 Å². The zero-order valence-electron chi connectivity index (χ0n) is 16.4. The molecule has 0 aromatic heterocycles.